The Labute approximate surface area is 191 Å². The van der Waals surface area contributed by atoms with Crippen molar-refractivity contribution in [2.45, 2.75) is 20.0 Å². The molecule has 0 bridgehead atoms. The Balaban J connectivity index is 0.000000316. The van der Waals surface area contributed by atoms with Crippen molar-refractivity contribution >= 4 is 34.2 Å². The highest BCUT2D eigenvalue weighted by Crippen LogP contribution is 2.39. The Kier molecular flexibility index (Phi) is 9.60. The molecule has 0 aromatic heterocycles. The average Bonchev–Trinajstić information content (AvgIpc) is 2.71. The van der Waals surface area contributed by atoms with Gasteiger partial charge in [-0.1, -0.05) is 0 Å². The molecule has 0 atom stereocenters. The highest BCUT2D eigenvalue weighted by molar-refractivity contribution is 14.1. The van der Waals surface area contributed by atoms with E-state index < -0.39 is 23.1 Å². The Bertz CT molecular complexity index is 957. The lowest BCUT2D eigenvalue weighted by Crippen LogP contribution is -2.13. The van der Waals surface area contributed by atoms with E-state index in [4.69, 9.17) is 18.9 Å². The number of carbonyl (C=O) groups is 2. The highest BCUT2D eigenvalue weighted by atomic mass is 127. The van der Waals surface area contributed by atoms with Crippen LogP contribution < -0.4 is 18.9 Å². The van der Waals surface area contributed by atoms with Crippen molar-refractivity contribution in [2.75, 3.05) is 28.4 Å². The molecule has 31 heavy (non-hydrogen) atoms. The summed E-state index contributed by atoms with van der Waals surface area (Å²) in [6.45, 7) is 2.58. The molecule has 6 nitrogen and oxygen atoms in total. The average molecular weight is 554 g/mol. The maximum atomic E-state index is 12.8. The third-order valence-electron chi connectivity index (χ3n) is 4.02. The van der Waals surface area contributed by atoms with Crippen LogP contribution in [0.5, 0.6) is 23.0 Å². The van der Waals surface area contributed by atoms with Crippen LogP contribution in [0.15, 0.2) is 24.3 Å². The number of hydrogen-bond donors (Lipinski definition) is 0. The number of benzene rings is 2. The smallest absolute Gasteiger partial charge is 0.417 e. The van der Waals surface area contributed by atoms with Gasteiger partial charge in [0.1, 0.15) is 23.0 Å². The number of hydrogen-bond acceptors (Lipinski definition) is 6. The summed E-state index contributed by atoms with van der Waals surface area (Å²) in [4.78, 5) is 22.6. The molecule has 0 aliphatic heterocycles. The molecular weight excluding hydrogens is 532 g/mol. The van der Waals surface area contributed by atoms with E-state index in [0.717, 1.165) is 16.6 Å². The quantitative estimate of drug-likeness (QED) is 0.350. The fourth-order valence-corrected chi connectivity index (χ4v) is 3.59. The van der Waals surface area contributed by atoms with Gasteiger partial charge >= 0.3 is 6.18 Å². The molecule has 2 rings (SSSR count). The van der Waals surface area contributed by atoms with Crippen molar-refractivity contribution in [3.63, 3.8) is 0 Å². The Morgan fingerprint density at radius 3 is 1.52 bits per heavy atom. The van der Waals surface area contributed by atoms with Crippen molar-refractivity contribution in [2.24, 2.45) is 0 Å². The second-order valence-electron chi connectivity index (χ2n) is 6.05. The molecule has 0 heterocycles. The van der Waals surface area contributed by atoms with Crippen LogP contribution in [0.25, 0.3) is 0 Å². The summed E-state index contributed by atoms with van der Waals surface area (Å²) in [6.07, 6.45) is -4.64. The fourth-order valence-electron chi connectivity index (χ4n) is 2.63. The molecule has 170 valence electrons. The standard InChI is InChI=1S/C11H11F3O3.C10H11IO3/c1-6(15)10-8(11(12,13)14)4-7(16-2)5-9(10)17-3;1-6(12)10-8(11)4-7(13-2)5-9(10)14-3/h4-5H,1-3H3;4-5H,1-3H3. The zero-order valence-electron chi connectivity index (χ0n) is 17.8. The maximum Gasteiger partial charge on any atom is 0.417 e. The second kappa shape index (κ2) is 11.2. The summed E-state index contributed by atoms with van der Waals surface area (Å²) in [5.41, 5.74) is -0.934. The van der Waals surface area contributed by atoms with Gasteiger partial charge in [-0.3, -0.25) is 9.59 Å². The van der Waals surface area contributed by atoms with Crippen LogP contribution in [-0.2, 0) is 6.18 Å². The van der Waals surface area contributed by atoms with Crippen LogP contribution in [0.3, 0.4) is 0 Å². The first-order chi connectivity index (χ1) is 14.4. The van der Waals surface area contributed by atoms with Gasteiger partial charge in [0.15, 0.2) is 11.6 Å². The summed E-state index contributed by atoms with van der Waals surface area (Å²) < 4.78 is 58.9. The van der Waals surface area contributed by atoms with Crippen LogP contribution in [0.1, 0.15) is 40.1 Å². The van der Waals surface area contributed by atoms with E-state index in [1.54, 1.807) is 19.2 Å². The highest BCUT2D eigenvalue weighted by Gasteiger charge is 2.37. The molecule has 0 saturated heterocycles. The number of methoxy groups -OCH3 is 4. The van der Waals surface area contributed by atoms with Gasteiger partial charge in [-0.25, -0.2) is 0 Å². The lowest BCUT2D eigenvalue weighted by molar-refractivity contribution is -0.138. The molecule has 0 radical (unpaired) electrons. The minimum Gasteiger partial charge on any atom is -0.497 e. The van der Waals surface area contributed by atoms with Crippen molar-refractivity contribution in [3.05, 3.63) is 44.5 Å². The van der Waals surface area contributed by atoms with Gasteiger partial charge in [0.2, 0.25) is 0 Å². The topological polar surface area (TPSA) is 71.1 Å². The zero-order chi connectivity index (χ0) is 23.9. The van der Waals surface area contributed by atoms with E-state index in [-0.39, 0.29) is 17.3 Å². The van der Waals surface area contributed by atoms with E-state index in [1.165, 1.54) is 34.3 Å². The summed E-state index contributed by atoms with van der Waals surface area (Å²) in [7, 11) is 5.55. The maximum absolute atomic E-state index is 12.8. The van der Waals surface area contributed by atoms with Gasteiger partial charge in [-0.2, -0.15) is 13.2 Å². The number of rotatable bonds is 6. The Morgan fingerprint density at radius 2 is 1.16 bits per heavy atom. The van der Waals surface area contributed by atoms with Gasteiger partial charge in [-0.15, -0.1) is 0 Å². The van der Waals surface area contributed by atoms with Crippen LogP contribution in [0, 0.1) is 3.57 Å². The summed E-state index contributed by atoms with van der Waals surface area (Å²) >= 11 is 2.09. The molecule has 0 saturated carbocycles. The number of Topliss-reactive ketones (excluding diaryl/α,β-unsaturated/α-hetero) is 2. The minimum atomic E-state index is -4.64. The van der Waals surface area contributed by atoms with E-state index in [9.17, 15) is 22.8 Å². The van der Waals surface area contributed by atoms with Gasteiger partial charge in [-0.05, 0) is 48.6 Å². The summed E-state index contributed by atoms with van der Waals surface area (Å²) in [5, 5.41) is 0. The van der Waals surface area contributed by atoms with Crippen molar-refractivity contribution in [1.29, 1.82) is 0 Å². The molecule has 10 heteroatoms. The van der Waals surface area contributed by atoms with Gasteiger partial charge in [0.05, 0.1) is 45.1 Å². The van der Waals surface area contributed by atoms with Crippen molar-refractivity contribution < 1.29 is 41.7 Å². The van der Waals surface area contributed by atoms with E-state index in [0.29, 0.717) is 17.1 Å². The van der Waals surface area contributed by atoms with E-state index in [1.807, 2.05) is 0 Å². The third-order valence-corrected chi connectivity index (χ3v) is 4.87. The number of halogens is 4. The van der Waals surface area contributed by atoms with Crippen molar-refractivity contribution in [1.82, 2.24) is 0 Å². The normalized spacial score (nSPS) is 10.5. The number of alkyl halides is 3. The predicted octanol–water partition coefficient (Wildman–Crippen LogP) is 5.44. The lowest BCUT2D eigenvalue weighted by Gasteiger charge is -2.15. The second-order valence-corrected chi connectivity index (χ2v) is 7.21. The largest absolute Gasteiger partial charge is 0.497 e. The Hall–Kier alpha value is -2.50. The SMILES string of the molecule is COc1cc(I)c(C(C)=O)c(OC)c1.COc1cc(OC)c(C(C)=O)c(C(F)(F)F)c1. The molecule has 0 unspecified atom stereocenters. The van der Waals surface area contributed by atoms with Crippen LogP contribution in [0.4, 0.5) is 13.2 Å². The van der Waals surface area contributed by atoms with E-state index in [2.05, 4.69) is 22.6 Å². The minimum absolute atomic E-state index is 0.00565. The number of ketones is 2. The first kappa shape index (κ1) is 26.5. The van der Waals surface area contributed by atoms with Gasteiger partial charge in [0, 0.05) is 15.7 Å². The Morgan fingerprint density at radius 1 is 0.742 bits per heavy atom. The molecule has 0 amide bonds. The third kappa shape index (κ3) is 6.74. The molecule has 0 fully saturated rings. The summed E-state index contributed by atoms with van der Waals surface area (Å²) in [6, 6.07) is 5.53. The first-order valence-corrected chi connectivity index (χ1v) is 9.75. The number of carbonyl (C=O) groups excluding carboxylic acids is 2. The lowest BCUT2D eigenvalue weighted by atomic mass is 10.0. The molecule has 2 aromatic rings. The van der Waals surface area contributed by atoms with Crippen LogP contribution in [-0.4, -0.2) is 40.0 Å². The molecule has 0 aliphatic rings. The predicted molar refractivity (Wildman–Crippen MR) is 117 cm³/mol. The van der Waals surface area contributed by atoms with E-state index >= 15 is 0 Å². The monoisotopic (exact) mass is 554 g/mol. The van der Waals surface area contributed by atoms with Crippen LogP contribution >= 0.6 is 22.6 Å². The van der Waals surface area contributed by atoms with Crippen molar-refractivity contribution in [3.8, 4) is 23.0 Å². The van der Waals surface area contributed by atoms with Gasteiger partial charge < -0.3 is 18.9 Å². The number of ether oxygens (including phenoxy) is 4. The zero-order valence-corrected chi connectivity index (χ0v) is 19.9. The van der Waals surface area contributed by atoms with Crippen LogP contribution in [0.2, 0.25) is 0 Å². The van der Waals surface area contributed by atoms with Gasteiger partial charge in [0.25, 0.3) is 0 Å². The fraction of sp³-hybridized carbons (Fsp3) is 0.333. The first-order valence-electron chi connectivity index (χ1n) is 8.67. The summed E-state index contributed by atoms with van der Waals surface area (Å²) in [5.74, 6) is 0.367. The molecule has 0 spiro atoms. The molecule has 2 aromatic carbocycles. The molecule has 0 aliphatic carbocycles. The molecule has 0 N–H and O–H groups in total. The molecular formula is C21H22F3IO6.